The molecule has 0 bridgehead atoms. The number of sulfone groups is 1. The minimum absolute atomic E-state index is 0.0329. The van der Waals surface area contributed by atoms with E-state index in [9.17, 15) is 8.42 Å². The normalized spacial score (nSPS) is 13.2. The molecule has 0 heterocycles. The topological polar surface area (TPSA) is 64.6 Å². The fourth-order valence-electron chi connectivity index (χ4n) is 2.27. The third-order valence-corrected chi connectivity index (χ3v) is 5.18. The Morgan fingerprint density at radius 3 is 2.29 bits per heavy atom. The monoisotopic (exact) mass is 315 g/mol. The number of hydrogen-bond donors (Lipinski definition) is 1. The maximum absolute atomic E-state index is 12.2. The van der Waals surface area contributed by atoms with Crippen molar-refractivity contribution >= 4 is 9.84 Å². The SMILES string of the molecule is CNC(CS(=O)(=O)CC(C)C)c1cc(OC)ccc1OC. The van der Waals surface area contributed by atoms with Crippen molar-refractivity contribution in [2.45, 2.75) is 19.9 Å². The van der Waals surface area contributed by atoms with Crippen molar-refractivity contribution < 1.29 is 17.9 Å². The maximum Gasteiger partial charge on any atom is 0.152 e. The van der Waals surface area contributed by atoms with Crippen LogP contribution in [0.5, 0.6) is 11.5 Å². The maximum atomic E-state index is 12.2. The van der Waals surface area contributed by atoms with Crippen LogP contribution in [-0.4, -0.2) is 41.2 Å². The van der Waals surface area contributed by atoms with Crippen LogP contribution in [-0.2, 0) is 9.84 Å². The van der Waals surface area contributed by atoms with E-state index < -0.39 is 9.84 Å². The molecule has 0 saturated carbocycles. The Balaban J connectivity index is 3.09. The van der Waals surface area contributed by atoms with Gasteiger partial charge >= 0.3 is 0 Å². The van der Waals surface area contributed by atoms with Gasteiger partial charge in [0.1, 0.15) is 11.5 Å². The molecule has 0 spiro atoms. The van der Waals surface area contributed by atoms with Gasteiger partial charge in [-0.25, -0.2) is 8.42 Å². The molecule has 1 aromatic carbocycles. The van der Waals surface area contributed by atoms with Crippen LogP contribution in [0.4, 0.5) is 0 Å². The molecular weight excluding hydrogens is 290 g/mol. The van der Waals surface area contributed by atoms with Gasteiger partial charge in [0.2, 0.25) is 0 Å². The Labute approximate surface area is 127 Å². The highest BCUT2D eigenvalue weighted by Crippen LogP contribution is 2.30. The molecule has 1 unspecified atom stereocenters. The number of benzene rings is 1. The molecule has 0 aliphatic carbocycles. The smallest absolute Gasteiger partial charge is 0.152 e. The second-order valence-corrected chi connectivity index (χ2v) is 7.57. The minimum Gasteiger partial charge on any atom is -0.497 e. The molecule has 1 N–H and O–H groups in total. The van der Waals surface area contributed by atoms with Gasteiger partial charge in [-0.1, -0.05) is 13.8 Å². The zero-order valence-electron chi connectivity index (χ0n) is 13.3. The molecule has 21 heavy (non-hydrogen) atoms. The first-order chi connectivity index (χ1) is 9.82. The number of methoxy groups -OCH3 is 2. The average molecular weight is 315 g/mol. The molecule has 6 heteroatoms. The van der Waals surface area contributed by atoms with Crippen LogP contribution in [0.3, 0.4) is 0 Å². The molecular formula is C15H25NO4S. The highest BCUT2D eigenvalue weighted by atomic mass is 32.2. The summed E-state index contributed by atoms with van der Waals surface area (Å²) in [6, 6.07) is 5.05. The highest BCUT2D eigenvalue weighted by molar-refractivity contribution is 7.91. The molecule has 5 nitrogen and oxygen atoms in total. The Hall–Kier alpha value is -1.27. The van der Waals surface area contributed by atoms with Gasteiger partial charge in [0.05, 0.1) is 25.7 Å². The van der Waals surface area contributed by atoms with E-state index in [0.717, 1.165) is 5.56 Å². The van der Waals surface area contributed by atoms with Gasteiger partial charge in [-0.05, 0) is 31.2 Å². The lowest BCUT2D eigenvalue weighted by molar-refractivity contribution is 0.393. The van der Waals surface area contributed by atoms with E-state index in [1.54, 1.807) is 33.4 Å². The van der Waals surface area contributed by atoms with Gasteiger partial charge in [-0.15, -0.1) is 0 Å². The summed E-state index contributed by atoms with van der Waals surface area (Å²) in [5, 5.41) is 3.06. The number of hydrogen-bond acceptors (Lipinski definition) is 5. The number of rotatable bonds is 8. The molecule has 0 saturated heterocycles. The van der Waals surface area contributed by atoms with E-state index in [2.05, 4.69) is 5.32 Å². The minimum atomic E-state index is -3.14. The molecule has 0 aliphatic rings. The lowest BCUT2D eigenvalue weighted by Gasteiger charge is -2.20. The Morgan fingerprint density at radius 1 is 1.14 bits per heavy atom. The molecule has 1 atom stereocenters. The van der Waals surface area contributed by atoms with Gasteiger partial charge < -0.3 is 14.8 Å². The van der Waals surface area contributed by atoms with Crippen LogP contribution in [0.2, 0.25) is 0 Å². The van der Waals surface area contributed by atoms with E-state index in [1.807, 2.05) is 19.9 Å². The van der Waals surface area contributed by atoms with Crippen LogP contribution in [0, 0.1) is 5.92 Å². The van der Waals surface area contributed by atoms with E-state index in [1.165, 1.54) is 0 Å². The average Bonchev–Trinajstić information content (AvgIpc) is 2.42. The fraction of sp³-hybridized carbons (Fsp3) is 0.600. The summed E-state index contributed by atoms with van der Waals surface area (Å²) >= 11 is 0. The molecule has 0 amide bonds. The quantitative estimate of drug-likeness (QED) is 0.795. The lowest BCUT2D eigenvalue weighted by Crippen LogP contribution is -2.28. The Morgan fingerprint density at radius 2 is 1.81 bits per heavy atom. The van der Waals surface area contributed by atoms with Crippen LogP contribution in [0.1, 0.15) is 25.5 Å². The van der Waals surface area contributed by atoms with Gasteiger partial charge in [0.25, 0.3) is 0 Å². The van der Waals surface area contributed by atoms with Gasteiger partial charge in [-0.2, -0.15) is 0 Å². The highest BCUT2D eigenvalue weighted by Gasteiger charge is 2.23. The first kappa shape index (κ1) is 17.8. The van der Waals surface area contributed by atoms with Crippen molar-refractivity contribution in [2.24, 2.45) is 5.92 Å². The summed E-state index contributed by atoms with van der Waals surface area (Å²) in [5.74, 6) is 1.64. The van der Waals surface area contributed by atoms with Crippen molar-refractivity contribution in [3.8, 4) is 11.5 Å². The van der Waals surface area contributed by atoms with Crippen molar-refractivity contribution in [3.63, 3.8) is 0 Å². The molecule has 0 aliphatic heterocycles. The van der Waals surface area contributed by atoms with Crippen LogP contribution < -0.4 is 14.8 Å². The summed E-state index contributed by atoms with van der Waals surface area (Å²) in [4.78, 5) is 0. The third kappa shape index (κ3) is 5.21. The molecule has 1 rings (SSSR count). The molecule has 0 radical (unpaired) electrons. The first-order valence-corrected chi connectivity index (χ1v) is 8.74. The summed E-state index contributed by atoms with van der Waals surface area (Å²) in [6.07, 6.45) is 0. The molecule has 0 fully saturated rings. The van der Waals surface area contributed by atoms with Crippen LogP contribution in [0.15, 0.2) is 18.2 Å². The first-order valence-electron chi connectivity index (χ1n) is 6.92. The predicted molar refractivity (Wildman–Crippen MR) is 84.8 cm³/mol. The number of ether oxygens (including phenoxy) is 2. The standard InChI is InChI=1S/C15H25NO4S/c1-11(2)9-21(17,18)10-14(16-3)13-8-12(19-4)6-7-15(13)20-5/h6-8,11,14,16H,9-10H2,1-5H3. The second kappa shape index (κ2) is 7.66. The fourth-order valence-corrected chi connectivity index (χ4v) is 4.28. The van der Waals surface area contributed by atoms with Gasteiger partial charge in [0.15, 0.2) is 9.84 Å². The van der Waals surface area contributed by atoms with E-state index in [4.69, 9.17) is 9.47 Å². The molecule has 120 valence electrons. The van der Waals surface area contributed by atoms with Crippen molar-refractivity contribution in [3.05, 3.63) is 23.8 Å². The van der Waals surface area contributed by atoms with Gasteiger partial charge in [-0.3, -0.25) is 0 Å². The van der Waals surface area contributed by atoms with Gasteiger partial charge in [0, 0.05) is 11.6 Å². The summed E-state index contributed by atoms with van der Waals surface area (Å²) < 4.78 is 35.0. The van der Waals surface area contributed by atoms with Crippen molar-refractivity contribution in [2.75, 3.05) is 32.8 Å². The van der Waals surface area contributed by atoms with Crippen LogP contribution in [0.25, 0.3) is 0 Å². The zero-order chi connectivity index (χ0) is 16.0. The van der Waals surface area contributed by atoms with E-state index in [-0.39, 0.29) is 23.5 Å². The van der Waals surface area contributed by atoms with Crippen molar-refractivity contribution in [1.82, 2.24) is 5.32 Å². The number of nitrogens with one attached hydrogen (secondary N) is 1. The molecule has 0 aromatic heterocycles. The zero-order valence-corrected chi connectivity index (χ0v) is 14.2. The lowest BCUT2D eigenvalue weighted by atomic mass is 10.1. The Bertz CT molecular complexity index is 555. The largest absolute Gasteiger partial charge is 0.497 e. The summed E-state index contributed by atoms with van der Waals surface area (Å²) in [6.45, 7) is 3.80. The van der Waals surface area contributed by atoms with Crippen molar-refractivity contribution in [1.29, 1.82) is 0 Å². The van der Waals surface area contributed by atoms with E-state index >= 15 is 0 Å². The van der Waals surface area contributed by atoms with E-state index in [0.29, 0.717) is 11.5 Å². The summed E-state index contributed by atoms with van der Waals surface area (Å²) in [5.41, 5.74) is 0.784. The Kier molecular flexibility index (Phi) is 6.48. The molecule has 1 aromatic rings. The third-order valence-electron chi connectivity index (χ3n) is 3.17. The van der Waals surface area contributed by atoms with Crippen LogP contribution >= 0.6 is 0 Å². The summed E-state index contributed by atoms with van der Waals surface area (Å²) in [7, 11) is 1.75. The second-order valence-electron chi connectivity index (χ2n) is 5.42. The predicted octanol–water partition coefficient (Wildman–Crippen LogP) is 2.04.